The van der Waals surface area contributed by atoms with Gasteiger partial charge in [-0.25, -0.2) is 13.6 Å². The molecule has 2 rings (SSSR count). The zero-order valence-corrected chi connectivity index (χ0v) is 14.9. The summed E-state index contributed by atoms with van der Waals surface area (Å²) in [6.07, 6.45) is 1.31. The van der Waals surface area contributed by atoms with Crippen molar-refractivity contribution < 1.29 is 27.8 Å². The Morgan fingerprint density at radius 2 is 1.86 bits per heavy atom. The van der Waals surface area contributed by atoms with Gasteiger partial charge < -0.3 is 14.8 Å². The van der Waals surface area contributed by atoms with Gasteiger partial charge in [0.25, 0.3) is 5.91 Å². The minimum Gasteiger partial charge on any atom is -0.494 e. The van der Waals surface area contributed by atoms with Crippen LogP contribution in [0.25, 0.3) is 6.08 Å². The van der Waals surface area contributed by atoms with Crippen molar-refractivity contribution in [3.63, 3.8) is 0 Å². The summed E-state index contributed by atoms with van der Waals surface area (Å²) >= 11 is 0. The molecule has 0 radical (unpaired) electrons. The molecule has 0 saturated carbocycles. The molecule has 6 nitrogen and oxygen atoms in total. The van der Waals surface area contributed by atoms with E-state index in [0.29, 0.717) is 17.9 Å². The van der Waals surface area contributed by atoms with Crippen LogP contribution in [0.4, 0.5) is 14.5 Å². The van der Waals surface area contributed by atoms with Gasteiger partial charge in [-0.2, -0.15) is 5.26 Å². The van der Waals surface area contributed by atoms with Gasteiger partial charge in [-0.3, -0.25) is 4.79 Å². The molecule has 8 heteroatoms. The van der Waals surface area contributed by atoms with Crippen molar-refractivity contribution >= 4 is 23.6 Å². The van der Waals surface area contributed by atoms with Gasteiger partial charge in [0.15, 0.2) is 18.2 Å². The number of amides is 1. The van der Waals surface area contributed by atoms with E-state index in [4.69, 9.17) is 14.7 Å². The standard InChI is InChI=1S/C20H16F2N2O4/c1-2-27-16-6-3-13(4-7-16)9-14(11-23)20(26)28-12-19(25)24-15-5-8-17(21)18(22)10-15/h3-10H,2,12H2,1H3,(H,24,25)/b14-9+. The SMILES string of the molecule is CCOc1ccc(/C=C(\C#N)C(=O)OCC(=O)Nc2ccc(F)c(F)c2)cc1. The van der Waals surface area contributed by atoms with Crippen LogP contribution in [0.2, 0.25) is 0 Å². The molecule has 0 spiro atoms. The molecule has 0 aliphatic heterocycles. The third-order valence-electron chi connectivity index (χ3n) is 3.38. The number of carbonyl (C=O) groups excluding carboxylic acids is 2. The molecule has 0 atom stereocenters. The number of carbonyl (C=O) groups is 2. The third-order valence-corrected chi connectivity index (χ3v) is 3.38. The van der Waals surface area contributed by atoms with E-state index in [0.717, 1.165) is 18.2 Å². The maximum Gasteiger partial charge on any atom is 0.349 e. The highest BCUT2D eigenvalue weighted by Crippen LogP contribution is 2.15. The van der Waals surface area contributed by atoms with Crippen LogP contribution in [0.1, 0.15) is 12.5 Å². The third kappa shape index (κ3) is 5.92. The number of anilines is 1. The fourth-order valence-electron chi connectivity index (χ4n) is 2.11. The fourth-order valence-corrected chi connectivity index (χ4v) is 2.11. The lowest BCUT2D eigenvalue weighted by molar-refractivity contribution is -0.142. The Labute approximate surface area is 160 Å². The summed E-state index contributed by atoms with van der Waals surface area (Å²) in [6, 6.07) is 11.2. The van der Waals surface area contributed by atoms with Crippen molar-refractivity contribution in [3.05, 3.63) is 65.2 Å². The normalized spacial score (nSPS) is 10.7. The molecule has 2 aromatic rings. The van der Waals surface area contributed by atoms with E-state index in [2.05, 4.69) is 5.32 Å². The number of nitrogens with zero attached hydrogens (tertiary/aromatic N) is 1. The molecule has 144 valence electrons. The number of rotatable bonds is 7. The molecule has 1 N–H and O–H groups in total. The van der Waals surface area contributed by atoms with E-state index in [1.807, 2.05) is 6.92 Å². The number of ether oxygens (including phenoxy) is 2. The highest BCUT2D eigenvalue weighted by Gasteiger charge is 2.14. The molecular formula is C20H16F2N2O4. The predicted octanol–water partition coefficient (Wildman–Crippen LogP) is 3.45. The second-order valence-electron chi connectivity index (χ2n) is 5.43. The number of halogens is 2. The average Bonchev–Trinajstić information content (AvgIpc) is 2.68. The minimum atomic E-state index is -1.13. The molecule has 0 aliphatic rings. The topological polar surface area (TPSA) is 88.4 Å². The average molecular weight is 386 g/mol. The van der Waals surface area contributed by atoms with Gasteiger partial charge in [0.05, 0.1) is 6.61 Å². The molecule has 1 amide bonds. The number of hydrogen-bond acceptors (Lipinski definition) is 5. The number of nitrogens with one attached hydrogen (secondary N) is 1. The lowest BCUT2D eigenvalue weighted by Gasteiger charge is -2.07. The van der Waals surface area contributed by atoms with E-state index < -0.39 is 30.1 Å². The summed E-state index contributed by atoms with van der Waals surface area (Å²) < 4.78 is 36.0. The second kappa shape index (κ2) is 9.83. The molecule has 0 fully saturated rings. The lowest BCUT2D eigenvalue weighted by Crippen LogP contribution is -2.21. The maximum absolute atomic E-state index is 13.1. The van der Waals surface area contributed by atoms with Crippen molar-refractivity contribution in [1.82, 2.24) is 0 Å². The molecule has 0 unspecified atom stereocenters. The van der Waals surface area contributed by atoms with Gasteiger partial charge in [0.2, 0.25) is 0 Å². The number of nitriles is 1. The van der Waals surface area contributed by atoms with Crippen LogP contribution in [0.15, 0.2) is 48.0 Å². The first-order valence-electron chi connectivity index (χ1n) is 8.19. The molecule has 0 aliphatic carbocycles. The minimum absolute atomic E-state index is 0.00499. The summed E-state index contributed by atoms with van der Waals surface area (Å²) in [7, 11) is 0. The quantitative estimate of drug-likeness (QED) is 0.447. The van der Waals surface area contributed by atoms with Crippen molar-refractivity contribution in [2.45, 2.75) is 6.92 Å². The Morgan fingerprint density at radius 3 is 2.46 bits per heavy atom. The fraction of sp³-hybridized carbons (Fsp3) is 0.150. The Bertz CT molecular complexity index is 934. The van der Waals surface area contributed by atoms with E-state index in [9.17, 15) is 18.4 Å². The molecule has 0 bridgehead atoms. The smallest absolute Gasteiger partial charge is 0.349 e. The van der Waals surface area contributed by atoms with Gasteiger partial charge in [0.1, 0.15) is 17.4 Å². The predicted molar refractivity (Wildman–Crippen MR) is 97.1 cm³/mol. The van der Waals surface area contributed by atoms with Crippen molar-refractivity contribution in [2.24, 2.45) is 0 Å². The molecule has 28 heavy (non-hydrogen) atoms. The highest BCUT2D eigenvalue weighted by molar-refractivity contribution is 6.00. The monoisotopic (exact) mass is 386 g/mol. The van der Waals surface area contributed by atoms with E-state index in [-0.39, 0.29) is 11.3 Å². The van der Waals surface area contributed by atoms with Crippen molar-refractivity contribution in [2.75, 3.05) is 18.5 Å². The first-order chi connectivity index (χ1) is 13.4. The lowest BCUT2D eigenvalue weighted by atomic mass is 10.1. The number of esters is 1. The van der Waals surface area contributed by atoms with Crippen LogP contribution in [-0.2, 0) is 14.3 Å². The van der Waals surface area contributed by atoms with Gasteiger partial charge in [-0.05, 0) is 42.8 Å². The second-order valence-corrected chi connectivity index (χ2v) is 5.43. The summed E-state index contributed by atoms with van der Waals surface area (Å²) in [5, 5.41) is 11.4. The van der Waals surface area contributed by atoms with Crippen LogP contribution in [0.5, 0.6) is 5.75 Å². The van der Waals surface area contributed by atoms with Gasteiger partial charge >= 0.3 is 5.97 Å². The first-order valence-corrected chi connectivity index (χ1v) is 8.19. The summed E-state index contributed by atoms with van der Waals surface area (Å²) in [5.74, 6) is -3.29. The molecular weight excluding hydrogens is 370 g/mol. The molecule has 0 saturated heterocycles. The largest absolute Gasteiger partial charge is 0.494 e. The summed E-state index contributed by atoms with van der Waals surface area (Å²) in [4.78, 5) is 23.7. The maximum atomic E-state index is 13.1. The number of hydrogen-bond donors (Lipinski definition) is 1. The van der Waals surface area contributed by atoms with Crippen LogP contribution >= 0.6 is 0 Å². The van der Waals surface area contributed by atoms with E-state index >= 15 is 0 Å². The van der Waals surface area contributed by atoms with Gasteiger partial charge in [-0.15, -0.1) is 0 Å². The first kappa shape index (κ1) is 20.6. The Hall–Kier alpha value is -3.73. The number of benzene rings is 2. The van der Waals surface area contributed by atoms with E-state index in [1.54, 1.807) is 30.3 Å². The highest BCUT2D eigenvalue weighted by atomic mass is 19.2. The van der Waals surface area contributed by atoms with Crippen LogP contribution in [-0.4, -0.2) is 25.1 Å². The Morgan fingerprint density at radius 1 is 1.14 bits per heavy atom. The molecule has 2 aromatic carbocycles. The van der Waals surface area contributed by atoms with Crippen LogP contribution < -0.4 is 10.1 Å². The summed E-state index contributed by atoms with van der Waals surface area (Å²) in [5.41, 5.74) is 0.276. The van der Waals surface area contributed by atoms with Crippen molar-refractivity contribution in [1.29, 1.82) is 5.26 Å². The molecule has 0 aromatic heterocycles. The van der Waals surface area contributed by atoms with Crippen LogP contribution in [0, 0.1) is 23.0 Å². The zero-order chi connectivity index (χ0) is 20.5. The zero-order valence-electron chi connectivity index (χ0n) is 14.9. The Kier molecular flexibility index (Phi) is 7.22. The Balaban J connectivity index is 1.94. The summed E-state index contributed by atoms with van der Waals surface area (Å²) in [6.45, 7) is 1.66. The van der Waals surface area contributed by atoms with Gasteiger partial charge in [0, 0.05) is 11.8 Å². The molecule has 0 heterocycles. The van der Waals surface area contributed by atoms with Crippen molar-refractivity contribution in [3.8, 4) is 11.8 Å². The van der Waals surface area contributed by atoms with E-state index in [1.165, 1.54) is 6.08 Å². The van der Waals surface area contributed by atoms with Crippen LogP contribution in [0.3, 0.4) is 0 Å². The van der Waals surface area contributed by atoms with Gasteiger partial charge in [-0.1, -0.05) is 12.1 Å².